The Morgan fingerprint density at radius 3 is 2.79 bits per heavy atom. The first-order valence-corrected chi connectivity index (χ1v) is 12.7. The van der Waals surface area contributed by atoms with Gasteiger partial charge in [0, 0.05) is 30.2 Å². The maximum atomic E-state index is 13.7. The quantitative estimate of drug-likeness (QED) is 0.699. The third kappa shape index (κ3) is 3.70. The average Bonchev–Trinajstić information content (AvgIpc) is 3.22. The number of aromatic amines is 1. The lowest BCUT2D eigenvalue weighted by Gasteiger charge is -2.41. The molecule has 2 aromatic rings. The van der Waals surface area contributed by atoms with Crippen LogP contribution in [0.5, 0.6) is 0 Å². The minimum absolute atomic E-state index is 0.142. The number of amides is 2. The first kappa shape index (κ1) is 21.7. The SMILES string of the molecule is CC1=C2OCCN(C(=O)N3C4CCC3CC(CO)C4)CC2=CC(c2ccc3nc(C)[nH]c3c2)C1. The summed E-state index contributed by atoms with van der Waals surface area (Å²) in [5, 5.41) is 9.65. The number of urea groups is 1. The van der Waals surface area contributed by atoms with Crippen LogP contribution >= 0.6 is 0 Å². The molecule has 3 fully saturated rings. The van der Waals surface area contributed by atoms with Gasteiger partial charge in [0.15, 0.2) is 0 Å². The Morgan fingerprint density at radius 2 is 2.03 bits per heavy atom. The predicted octanol–water partition coefficient (Wildman–Crippen LogP) is 4.25. The number of aliphatic hydroxyl groups excluding tert-OH is 1. The first-order chi connectivity index (χ1) is 16.5. The van der Waals surface area contributed by atoms with Crippen molar-refractivity contribution in [2.45, 2.75) is 64.0 Å². The Labute approximate surface area is 200 Å². The molecular weight excluding hydrogens is 428 g/mol. The van der Waals surface area contributed by atoms with Crippen LogP contribution in [-0.2, 0) is 4.74 Å². The van der Waals surface area contributed by atoms with Crippen molar-refractivity contribution in [3.8, 4) is 0 Å². The molecule has 4 aliphatic rings. The summed E-state index contributed by atoms with van der Waals surface area (Å²) in [5.41, 5.74) is 5.69. The Hall–Kier alpha value is -2.80. The lowest BCUT2D eigenvalue weighted by molar-refractivity contribution is 0.0736. The van der Waals surface area contributed by atoms with Crippen molar-refractivity contribution in [3.05, 3.63) is 52.6 Å². The van der Waals surface area contributed by atoms with Crippen molar-refractivity contribution in [1.29, 1.82) is 0 Å². The van der Waals surface area contributed by atoms with Crippen molar-refractivity contribution < 1.29 is 14.6 Å². The largest absolute Gasteiger partial charge is 0.491 e. The summed E-state index contributed by atoms with van der Waals surface area (Å²) in [6, 6.07) is 7.14. The molecule has 2 N–H and O–H groups in total. The Bertz CT molecular complexity index is 1170. The molecule has 7 nitrogen and oxygen atoms in total. The van der Waals surface area contributed by atoms with Crippen LogP contribution in [0.25, 0.3) is 11.0 Å². The van der Waals surface area contributed by atoms with Crippen molar-refractivity contribution in [3.63, 3.8) is 0 Å². The Kier molecular flexibility index (Phi) is 5.40. The number of nitrogens with zero attached hydrogens (tertiary/aromatic N) is 3. The van der Waals surface area contributed by atoms with Gasteiger partial charge in [-0.05, 0) is 75.1 Å². The van der Waals surface area contributed by atoms with Crippen LogP contribution in [0.4, 0.5) is 4.79 Å². The van der Waals surface area contributed by atoms with Gasteiger partial charge in [-0.1, -0.05) is 12.1 Å². The number of aliphatic hydroxyl groups is 1. The minimum atomic E-state index is 0.142. The number of piperidine rings is 1. The van der Waals surface area contributed by atoms with E-state index in [0.717, 1.165) is 60.3 Å². The van der Waals surface area contributed by atoms with Crippen LogP contribution in [0.15, 0.2) is 41.2 Å². The van der Waals surface area contributed by atoms with Crippen LogP contribution in [0, 0.1) is 12.8 Å². The van der Waals surface area contributed by atoms with E-state index in [9.17, 15) is 9.90 Å². The number of rotatable bonds is 2. The lowest BCUT2D eigenvalue weighted by atomic mass is 9.84. The maximum Gasteiger partial charge on any atom is 0.320 e. The molecule has 1 aliphatic carbocycles. The third-order valence-electron chi connectivity index (χ3n) is 8.21. The molecule has 2 amide bonds. The van der Waals surface area contributed by atoms with E-state index in [1.807, 2.05) is 11.8 Å². The number of allylic oxidation sites excluding steroid dienone is 2. The van der Waals surface area contributed by atoms with Gasteiger partial charge < -0.3 is 24.6 Å². The molecule has 2 bridgehead atoms. The summed E-state index contributed by atoms with van der Waals surface area (Å²) in [4.78, 5) is 25.7. The predicted molar refractivity (Wildman–Crippen MR) is 130 cm³/mol. The number of fused-ring (bicyclic) bond motifs is 4. The van der Waals surface area contributed by atoms with E-state index in [4.69, 9.17) is 4.74 Å². The summed E-state index contributed by atoms with van der Waals surface area (Å²) in [6.45, 7) is 6.10. The van der Waals surface area contributed by atoms with E-state index in [1.165, 1.54) is 11.1 Å². The second-order valence-corrected chi connectivity index (χ2v) is 10.6. The number of hydrogen-bond donors (Lipinski definition) is 2. The summed E-state index contributed by atoms with van der Waals surface area (Å²) in [7, 11) is 0. The molecule has 0 spiro atoms. The maximum absolute atomic E-state index is 13.7. The van der Waals surface area contributed by atoms with E-state index in [-0.39, 0.29) is 30.6 Å². The fourth-order valence-corrected chi connectivity index (χ4v) is 6.63. The molecule has 3 unspecified atom stereocenters. The van der Waals surface area contributed by atoms with Gasteiger partial charge in [0.1, 0.15) is 18.2 Å². The zero-order valence-electron chi connectivity index (χ0n) is 20.1. The van der Waals surface area contributed by atoms with Gasteiger partial charge in [-0.3, -0.25) is 0 Å². The third-order valence-corrected chi connectivity index (χ3v) is 8.21. The van der Waals surface area contributed by atoms with Gasteiger partial charge in [-0.25, -0.2) is 9.78 Å². The average molecular weight is 463 g/mol. The van der Waals surface area contributed by atoms with Crippen LogP contribution in [0.1, 0.15) is 56.3 Å². The van der Waals surface area contributed by atoms with E-state index in [2.05, 4.69) is 46.1 Å². The molecule has 3 saturated heterocycles. The van der Waals surface area contributed by atoms with Crippen LogP contribution in [0.2, 0.25) is 0 Å². The number of carbonyl (C=O) groups excluding carboxylic acids is 1. The molecule has 180 valence electrons. The second-order valence-electron chi connectivity index (χ2n) is 10.6. The number of benzene rings is 1. The highest BCUT2D eigenvalue weighted by molar-refractivity contribution is 5.77. The zero-order chi connectivity index (χ0) is 23.4. The Balaban J connectivity index is 1.25. The number of hydrogen-bond acceptors (Lipinski definition) is 4. The molecule has 4 heterocycles. The number of aromatic nitrogens is 2. The number of H-pyrrole nitrogens is 1. The summed E-state index contributed by atoms with van der Waals surface area (Å²) >= 11 is 0. The van der Waals surface area contributed by atoms with Crippen molar-refractivity contribution >= 4 is 17.1 Å². The monoisotopic (exact) mass is 462 g/mol. The minimum Gasteiger partial charge on any atom is -0.491 e. The highest BCUT2D eigenvalue weighted by Gasteiger charge is 2.44. The number of nitrogens with one attached hydrogen (secondary N) is 1. The van der Waals surface area contributed by atoms with Gasteiger partial charge in [-0.15, -0.1) is 0 Å². The zero-order valence-corrected chi connectivity index (χ0v) is 20.1. The van der Waals surface area contributed by atoms with Crippen molar-refractivity contribution in [2.24, 2.45) is 5.92 Å². The number of carbonyl (C=O) groups is 1. The van der Waals surface area contributed by atoms with Gasteiger partial charge in [0.05, 0.1) is 24.1 Å². The molecule has 7 heteroatoms. The molecule has 3 aliphatic heterocycles. The second kappa shape index (κ2) is 8.45. The van der Waals surface area contributed by atoms with Crippen LogP contribution in [0.3, 0.4) is 0 Å². The highest BCUT2D eigenvalue weighted by Crippen LogP contribution is 2.41. The van der Waals surface area contributed by atoms with Gasteiger partial charge in [0.25, 0.3) is 0 Å². The molecule has 3 atom stereocenters. The molecule has 34 heavy (non-hydrogen) atoms. The van der Waals surface area contributed by atoms with Gasteiger partial charge in [-0.2, -0.15) is 0 Å². The molecule has 0 saturated carbocycles. The van der Waals surface area contributed by atoms with Gasteiger partial charge in [0.2, 0.25) is 0 Å². The summed E-state index contributed by atoms with van der Waals surface area (Å²) in [6.07, 6.45) is 7.19. The van der Waals surface area contributed by atoms with Crippen LogP contribution in [-0.4, -0.2) is 69.3 Å². The molecular formula is C27H34N4O3. The van der Waals surface area contributed by atoms with Gasteiger partial charge >= 0.3 is 6.03 Å². The number of imidazole rings is 1. The fraction of sp³-hybridized carbons (Fsp3) is 0.556. The normalized spacial score (nSPS) is 29.1. The summed E-state index contributed by atoms with van der Waals surface area (Å²) < 4.78 is 6.20. The molecule has 1 aromatic carbocycles. The van der Waals surface area contributed by atoms with Crippen molar-refractivity contribution in [2.75, 3.05) is 26.3 Å². The smallest absolute Gasteiger partial charge is 0.320 e. The molecule has 1 aromatic heterocycles. The number of aryl methyl sites for hydroxylation is 1. The van der Waals surface area contributed by atoms with Crippen molar-refractivity contribution in [1.82, 2.24) is 19.8 Å². The highest BCUT2D eigenvalue weighted by atomic mass is 16.5. The van der Waals surface area contributed by atoms with E-state index >= 15 is 0 Å². The Morgan fingerprint density at radius 1 is 1.24 bits per heavy atom. The lowest BCUT2D eigenvalue weighted by Crippen LogP contribution is -2.53. The molecule has 6 rings (SSSR count). The number of ether oxygens (including phenoxy) is 1. The fourth-order valence-electron chi connectivity index (χ4n) is 6.63. The molecule has 0 radical (unpaired) electrons. The van der Waals surface area contributed by atoms with E-state index in [0.29, 0.717) is 25.6 Å². The van der Waals surface area contributed by atoms with E-state index in [1.54, 1.807) is 0 Å². The van der Waals surface area contributed by atoms with E-state index < -0.39 is 0 Å². The topological polar surface area (TPSA) is 81.7 Å². The first-order valence-electron chi connectivity index (χ1n) is 12.7. The standard InChI is InChI=1S/C27H34N4O3/c1-16-9-20(19-3-6-24-25(13-19)29-17(2)28-24)12-21-14-30(7-8-34-26(16)21)27(33)31-22-4-5-23(31)11-18(10-22)15-32/h3,6,12-13,18,20,22-23,32H,4-5,7-11,14-15H2,1-2H3,(H,28,29). The summed E-state index contributed by atoms with van der Waals surface area (Å²) in [5.74, 6) is 2.49. The van der Waals surface area contributed by atoms with Crippen LogP contribution < -0.4 is 0 Å².